The minimum atomic E-state index is -0.190. The molecule has 1 aliphatic heterocycles. The Morgan fingerprint density at radius 1 is 1.37 bits per heavy atom. The zero-order chi connectivity index (χ0) is 13.9. The van der Waals surface area contributed by atoms with E-state index in [4.69, 9.17) is 5.73 Å². The van der Waals surface area contributed by atoms with E-state index in [1.807, 2.05) is 18.2 Å². The molecule has 104 valence electrons. The fourth-order valence-corrected chi connectivity index (χ4v) is 2.81. The first-order valence-electron chi connectivity index (χ1n) is 6.88. The lowest BCUT2D eigenvalue weighted by atomic mass is 9.95. The Hall–Kier alpha value is -1.55. The number of carbonyl (C=O) groups is 1. The summed E-state index contributed by atoms with van der Waals surface area (Å²) in [6, 6.07) is 9.94. The van der Waals surface area contributed by atoms with Crippen molar-refractivity contribution in [1.29, 1.82) is 0 Å². The van der Waals surface area contributed by atoms with E-state index < -0.39 is 0 Å². The molecule has 4 nitrogen and oxygen atoms in total. The summed E-state index contributed by atoms with van der Waals surface area (Å²) >= 11 is 0. The van der Waals surface area contributed by atoms with Crippen LogP contribution in [0.2, 0.25) is 0 Å². The van der Waals surface area contributed by atoms with Crippen molar-refractivity contribution in [1.82, 2.24) is 5.32 Å². The molecule has 0 spiro atoms. The molecule has 1 fully saturated rings. The average Bonchev–Trinajstić information content (AvgIpc) is 2.48. The highest BCUT2D eigenvalue weighted by Gasteiger charge is 2.38. The fourth-order valence-electron chi connectivity index (χ4n) is 2.81. The van der Waals surface area contributed by atoms with Gasteiger partial charge in [-0.1, -0.05) is 18.2 Å². The maximum atomic E-state index is 12.3. The third-order valence-electron chi connectivity index (χ3n) is 3.78. The first-order valence-corrected chi connectivity index (χ1v) is 6.88. The van der Waals surface area contributed by atoms with Gasteiger partial charge in [0.2, 0.25) is 5.91 Å². The highest BCUT2D eigenvalue weighted by atomic mass is 16.2. The smallest absolute Gasteiger partial charge is 0.242 e. The number of rotatable bonds is 3. The predicted octanol–water partition coefficient (Wildman–Crippen LogP) is 1.51. The fraction of sp³-hybridized carbons (Fsp3) is 0.533. The van der Waals surface area contributed by atoms with Crippen molar-refractivity contribution < 1.29 is 4.79 Å². The minimum absolute atomic E-state index is 0.0691. The average molecular weight is 261 g/mol. The molecule has 1 unspecified atom stereocenters. The second-order valence-electron chi connectivity index (χ2n) is 5.65. The van der Waals surface area contributed by atoms with E-state index in [9.17, 15) is 4.79 Å². The number of nitrogens with zero attached hydrogens (tertiary/aromatic N) is 1. The third-order valence-corrected chi connectivity index (χ3v) is 3.78. The van der Waals surface area contributed by atoms with E-state index in [1.54, 1.807) is 0 Å². The Kier molecular flexibility index (Phi) is 4.10. The molecule has 1 amide bonds. The van der Waals surface area contributed by atoms with Crippen molar-refractivity contribution in [2.45, 2.75) is 38.3 Å². The molecule has 0 aromatic heterocycles. The van der Waals surface area contributed by atoms with Crippen LogP contribution in [0, 0.1) is 0 Å². The molecule has 3 N–H and O–H groups in total. The maximum absolute atomic E-state index is 12.3. The van der Waals surface area contributed by atoms with Gasteiger partial charge in [0.25, 0.3) is 0 Å². The second kappa shape index (κ2) is 5.61. The number of amides is 1. The Balaban J connectivity index is 2.42. The second-order valence-corrected chi connectivity index (χ2v) is 5.65. The summed E-state index contributed by atoms with van der Waals surface area (Å²) in [4.78, 5) is 14.5. The van der Waals surface area contributed by atoms with Gasteiger partial charge in [-0.2, -0.15) is 0 Å². The number of hydrogen-bond donors (Lipinski definition) is 2. The predicted molar refractivity (Wildman–Crippen MR) is 78.1 cm³/mol. The van der Waals surface area contributed by atoms with E-state index in [2.05, 4.69) is 36.2 Å². The number of anilines is 1. The van der Waals surface area contributed by atoms with E-state index in [-0.39, 0.29) is 17.5 Å². The summed E-state index contributed by atoms with van der Waals surface area (Å²) < 4.78 is 0. The van der Waals surface area contributed by atoms with Gasteiger partial charge in [0.05, 0.1) is 0 Å². The Bertz CT molecular complexity index is 430. The van der Waals surface area contributed by atoms with Crippen LogP contribution in [-0.2, 0) is 4.79 Å². The molecule has 1 atom stereocenters. The molecule has 0 radical (unpaired) electrons. The van der Waals surface area contributed by atoms with E-state index >= 15 is 0 Å². The molecule has 0 bridgehead atoms. The molecule has 0 aliphatic carbocycles. The summed E-state index contributed by atoms with van der Waals surface area (Å²) in [6.07, 6.45) is 1.60. The van der Waals surface area contributed by atoms with Crippen molar-refractivity contribution >= 4 is 11.6 Å². The van der Waals surface area contributed by atoms with Crippen LogP contribution in [-0.4, -0.2) is 30.6 Å². The number of para-hydroxylation sites is 1. The first-order chi connectivity index (χ1) is 9.06. The van der Waals surface area contributed by atoms with Crippen molar-refractivity contribution in [3.63, 3.8) is 0 Å². The van der Waals surface area contributed by atoms with Crippen LogP contribution in [0.25, 0.3) is 0 Å². The van der Waals surface area contributed by atoms with Crippen molar-refractivity contribution in [3.05, 3.63) is 30.3 Å². The maximum Gasteiger partial charge on any atom is 0.242 e. The summed E-state index contributed by atoms with van der Waals surface area (Å²) in [5.74, 6) is 0.0832. The topological polar surface area (TPSA) is 58.4 Å². The molecule has 1 saturated heterocycles. The van der Waals surface area contributed by atoms with Crippen molar-refractivity contribution in [3.8, 4) is 0 Å². The van der Waals surface area contributed by atoms with Gasteiger partial charge in [0.15, 0.2) is 0 Å². The van der Waals surface area contributed by atoms with Crippen LogP contribution in [0.15, 0.2) is 30.3 Å². The van der Waals surface area contributed by atoms with Gasteiger partial charge >= 0.3 is 0 Å². The number of nitrogens with two attached hydrogens (primary N) is 1. The highest BCUT2D eigenvalue weighted by Crippen LogP contribution is 2.31. The summed E-state index contributed by atoms with van der Waals surface area (Å²) in [5, 5.41) is 3.00. The largest absolute Gasteiger partial charge is 0.354 e. The number of hydrogen-bond acceptors (Lipinski definition) is 3. The Labute approximate surface area is 115 Å². The molecule has 4 heteroatoms. The minimum Gasteiger partial charge on any atom is -0.354 e. The molecular formula is C15H23N3O. The van der Waals surface area contributed by atoms with Crippen LogP contribution >= 0.6 is 0 Å². The third kappa shape index (κ3) is 2.89. The van der Waals surface area contributed by atoms with Crippen LogP contribution in [0.3, 0.4) is 0 Å². The lowest BCUT2D eigenvalue weighted by molar-refractivity contribution is -0.122. The van der Waals surface area contributed by atoms with Gasteiger partial charge in [0.1, 0.15) is 6.04 Å². The molecule has 1 heterocycles. The molecule has 0 saturated carbocycles. The van der Waals surface area contributed by atoms with E-state index in [1.165, 1.54) is 0 Å². The normalized spacial score (nSPS) is 22.8. The highest BCUT2D eigenvalue weighted by molar-refractivity contribution is 5.86. The quantitative estimate of drug-likeness (QED) is 0.867. The number of carbonyl (C=O) groups excluding carboxylic acids is 1. The first kappa shape index (κ1) is 13.9. The van der Waals surface area contributed by atoms with E-state index in [0.29, 0.717) is 13.0 Å². The van der Waals surface area contributed by atoms with Crippen molar-refractivity contribution in [2.24, 2.45) is 5.73 Å². The molecule has 1 aromatic carbocycles. The summed E-state index contributed by atoms with van der Waals surface area (Å²) in [6.45, 7) is 5.60. The molecule has 1 aromatic rings. The van der Waals surface area contributed by atoms with Gasteiger partial charge in [-0.15, -0.1) is 0 Å². The van der Waals surface area contributed by atoms with Crippen LogP contribution < -0.4 is 16.0 Å². The van der Waals surface area contributed by atoms with Gasteiger partial charge < -0.3 is 16.0 Å². The van der Waals surface area contributed by atoms with Crippen LogP contribution in [0.1, 0.15) is 26.7 Å². The Morgan fingerprint density at radius 2 is 2.05 bits per heavy atom. The molecule has 1 aliphatic rings. The summed E-state index contributed by atoms with van der Waals surface area (Å²) in [5.41, 5.74) is 6.71. The Morgan fingerprint density at radius 3 is 2.68 bits per heavy atom. The van der Waals surface area contributed by atoms with Gasteiger partial charge in [-0.05, 0) is 45.4 Å². The standard InChI is InChI=1S/C15H23N3O/c1-15(2)9-11-17-14(19)13(8-10-16)18(15)12-6-4-3-5-7-12/h3-7,13H,8-11,16H2,1-2H3,(H,17,19). The molecule has 19 heavy (non-hydrogen) atoms. The van der Waals surface area contributed by atoms with Gasteiger partial charge in [-0.25, -0.2) is 0 Å². The number of nitrogens with one attached hydrogen (secondary N) is 1. The monoisotopic (exact) mass is 261 g/mol. The van der Waals surface area contributed by atoms with Crippen LogP contribution in [0.4, 0.5) is 5.69 Å². The van der Waals surface area contributed by atoms with Crippen LogP contribution in [0.5, 0.6) is 0 Å². The zero-order valence-corrected chi connectivity index (χ0v) is 11.7. The van der Waals surface area contributed by atoms with Gasteiger partial charge in [-0.3, -0.25) is 4.79 Å². The van der Waals surface area contributed by atoms with Crippen molar-refractivity contribution in [2.75, 3.05) is 18.0 Å². The zero-order valence-electron chi connectivity index (χ0n) is 11.7. The van der Waals surface area contributed by atoms with E-state index in [0.717, 1.165) is 18.7 Å². The lowest BCUT2D eigenvalue weighted by Gasteiger charge is -2.43. The summed E-state index contributed by atoms with van der Waals surface area (Å²) in [7, 11) is 0. The van der Waals surface area contributed by atoms with Gasteiger partial charge in [0, 0.05) is 17.8 Å². The SMILES string of the molecule is CC1(C)CCNC(=O)C(CCN)N1c1ccccc1. The molecule has 2 rings (SSSR count). The number of benzene rings is 1. The lowest BCUT2D eigenvalue weighted by Crippen LogP contribution is -2.53. The molecular weight excluding hydrogens is 238 g/mol.